The Balaban J connectivity index is 2.31. The van der Waals surface area contributed by atoms with Gasteiger partial charge in [-0.05, 0) is 38.2 Å². The average molecular weight is 334 g/mol. The number of ketones is 1. The predicted octanol–water partition coefficient (Wildman–Crippen LogP) is 2.65. The molecule has 1 atom stereocenters. The maximum Gasteiger partial charge on any atom is 0.339 e. The van der Waals surface area contributed by atoms with E-state index in [0.717, 1.165) is 32.2 Å². The van der Waals surface area contributed by atoms with Crippen molar-refractivity contribution in [3.63, 3.8) is 0 Å². The van der Waals surface area contributed by atoms with Gasteiger partial charge in [0, 0.05) is 25.2 Å². The monoisotopic (exact) mass is 334 g/mol. The van der Waals surface area contributed by atoms with Crippen molar-refractivity contribution in [1.29, 1.82) is 0 Å². The van der Waals surface area contributed by atoms with Crippen LogP contribution in [0.2, 0.25) is 0 Å². The van der Waals surface area contributed by atoms with Gasteiger partial charge in [-0.1, -0.05) is 6.92 Å². The molecule has 6 nitrogen and oxygen atoms in total. The summed E-state index contributed by atoms with van der Waals surface area (Å²) in [6.07, 6.45) is 4.18. The minimum Gasteiger partial charge on any atom is -0.465 e. The number of aromatic nitrogens is 1. The summed E-state index contributed by atoms with van der Waals surface area (Å²) in [6.45, 7) is 5.97. The number of nitrogens with zero attached hydrogens (tertiary/aromatic N) is 1. The number of esters is 1. The molecule has 1 saturated heterocycles. The van der Waals surface area contributed by atoms with Gasteiger partial charge in [0.05, 0.1) is 24.8 Å². The maximum absolute atomic E-state index is 12.8. The van der Waals surface area contributed by atoms with Crippen molar-refractivity contribution in [2.75, 3.05) is 13.7 Å². The summed E-state index contributed by atoms with van der Waals surface area (Å²) < 4.78 is 4.83. The average Bonchev–Trinajstić information content (AvgIpc) is 2.90. The lowest BCUT2D eigenvalue weighted by atomic mass is 9.99. The van der Waals surface area contributed by atoms with E-state index in [-0.39, 0.29) is 24.2 Å². The number of Topliss-reactive ketones (excluding diaryl/α,β-unsaturated/α-hetero) is 1. The lowest BCUT2D eigenvalue weighted by Gasteiger charge is -2.35. The summed E-state index contributed by atoms with van der Waals surface area (Å²) >= 11 is 0. The number of nitrogens with one attached hydrogen (secondary N) is 1. The van der Waals surface area contributed by atoms with E-state index < -0.39 is 5.97 Å². The Morgan fingerprint density at radius 1 is 1.29 bits per heavy atom. The van der Waals surface area contributed by atoms with Crippen molar-refractivity contribution in [1.82, 2.24) is 9.88 Å². The van der Waals surface area contributed by atoms with Crippen molar-refractivity contribution < 1.29 is 19.1 Å². The summed E-state index contributed by atoms with van der Waals surface area (Å²) in [5.74, 6) is -0.700. The number of ether oxygens (including phenoxy) is 1. The van der Waals surface area contributed by atoms with Gasteiger partial charge in [-0.3, -0.25) is 9.59 Å². The fourth-order valence-corrected chi connectivity index (χ4v) is 3.53. The second-order valence-corrected chi connectivity index (χ2v) is 6.35. The first-order valence-corrected chi connectivity index (χ1v) is 8.50. The van der Waals surface area contributed by atoms with E-state index in [1.165, 1.54) is 14.0 Å². The second kappa shape index (κ2) is 7.64. The lowest BCUT2D eigenvalue weighted by Crippen LogP contribution is -2.44. The highest BCUT2D eigenvalue weighted by molar-refractivity contribution is 6.01. The number of hydrogen-bond acceptors (Lipinski definition) is 4. The first-order chi connectivity index (χ1) is 11.4. The third-order valence-corrected chi connectivity index (χ3v) is 4.82. The van der Waals surface area contributed by atoms with Gasteiger partial charge in [-0.25, -0.2) is 4.79 Å². The minimum atomic E-state index is -0.523. The van der Waals surface area contributed by atoms with Gasteiger partial charge >= 0.3 is 5.97 Å². The van der Waals surface area contributed by atoms with E-state index in [4.69, 9.17) is 4.74 Å². The van der Waals surface area contributed by atoms with Gasteiger partial charge < -0.3 is 14.6 Å². The molecule has 0 aliphatic carbocycles. The number of piperidine rings is 1. The van der Waals surface area contributed by atoms with Crippen LogP contribution in [0, 0.1) is 6.92 Å². The van der Waals surface area contributed by atoms with Gasteiger partial charge in [0.15, 0.2) is 5.78 Å². The van der Waals surface area contributed by atoms with Crippen LogP contribution < -0.4 is 0 Å². The summed E-state index contributed by atoms with van der Waals surface area (Å²) in [6, 6.07) is 0.260. The van der Waals surface area contributed by atoms with Crippen LogP contribution in [0.25, 0.3) is 0 Å². The Kier molecular flexibility index (Phi) is 5.80. The molecule has 1 fully saturated rings. The molecular formula is C18H26N2O4. The third-order valence-electron chi connectivity index (χ3n) is 4.82. The minimum absolute atomic E-state index is 0.0111. The molecule has 0 saturated carbocycles. The SMILES string of the molecule is CCC1CCCCN1C(=O)Cc1[nH]c(C(C)=O)c(C)c1C(=O)OC. The molecular weight excluding hydrogens is 308 g/mol. The number of hydrogen-bond donors (Lipinski definition) is 1. The van der Waals surface area contributed by atoms with Gasteiger partial charge in [0.1, 0.15) is 0 Å². The molecule has 1 amide bonds. The fourth-order valence-electron chi connectivity index (χ4n) is 3.53. The number of likely N-dealkylation sites (tertiary alicyclic amines) is 1. The van der Waals surface area contributed by atoms with E-state index in [2.05, 4.69) is 11.9 Å². The van der Waals surface area contributed by atoms with Crippen LogP contribution >= 0.6 is 0 Å². The standard InChI is InChI=1S/C18H26N2O4/c1-5-13-8-6-7-9-20(13)15(22)10-14-16(18(23)24-4)11(2)17(19-14)12(3)21/h13,19H,5-10H2,1-4H3. The Hall–Kier alpha value is -2.11. The highest BCUT2D eigenvalue weighted by Crippen LogP contribution is 2.24. The topological polar surface area (TPSA) is 79.5 Å². The van der Waals surface area contributed by atoms with Gasteiger partial charge in [0.25, 0.3) is 0 Å². The van der Waals surface area contributed by atoms with E-state index in [1.807, 2.05) is 4.90 Å². The summed E-state index contributed by atoms with van der Waals surface area (Å²) in [5, 5.41) is 0. The maximum atomic E-state index is 12.8. The van der Waals surface area contributed by atoms with Crippen molar-refractivity contribution in [3.05, 3.63) is 22.5 Å². The highest BCUT2D eigenvalue weighted by Gasteiger charge is 2.29. The molecule has 1 aliphatic heterocycles. The van der Waals surface area contributed by atoms with Crippen molar-refractivity contribution >= 4 is 17.7 Å². The number of H-pyrrole nitrogens is 1. The Bertz CT molecular complexity index is 648. The molecule has 1 aromatic rings. The van der Waals surface area contributed by atoms with Crippen molar-refractivity contribution in [2.45, 2.75) is 58.9 Å². The Morgan fingerprint density at radius 2 is 2.00 bits per heavy atom. The molecule has 2 heterocycles. The second-order valence-electron chi connectivity index (χ2n) is 6.35. The molecule has 1 unspecified atom stereocenters. The molecule has 24 heavy (non-hydrogen) atoms. The zero-order valence-corrected chi connectivity index (χ0v) is 14.9. The smallest absolute Gasteiger partial charge is 0.339 e. The van der Waals surface area contributed by atoms with Crippen LogP contribution in [0.5, 0.6) is 0 Å². The van der Waals surface area contributed by atoms with E-state index in [9.17, 15) is 14.4 Å². The number of methoxy groups -OCH3 is 1. The largest absolute Gasteiger partial charge is 0.465 e. The number of rotatable bonds is 5. The van der Waals surface area contributed by atoms with Gasteiger partial charge in [-0.2, -0.15) is 0 Å². The number of amides is 1. The summed E-state index contributed by atoms with van der Waals surface area (Å²) in [4.78, 5) is 41.5. The summed E-state index contributed by atoms with van der Waals surface area (Å²) in [7, 11) is 1.30. The fraction of sp³-hybridized carbons (Fsp3) is 0.611. The van der Waals surface area contributed by atoms with E-state index >= 15 is 0 Å². The van der Waals surface area contributed by atoms with Crippen molar-refractivity contribution in [3.8, 4) is 0 Å². The zero-order chi connectivity index (χ0) is 17.9. The van der Waals surface area contributed by atoms with Crippen LogP contribution in [0.4, 0.5) is 0 Å². The highest BCUT2D eigenvalue weighted by atomic mass is 16.5. The Labute approximate surface area is 142 Å². The molecule has 1 aromatic heterocycles. The first-order valence-electron chi connectivity index (χ1n) is 8.50. The molecule has 132 valence electrons. The van der Waals surface area contributed by atoms with Crippen LogP contribution in [0.1, 0.15) is 71.6 Å². The molecule has 2 rings (SSSR count). The van der Waals surface area contributed by atoms with E-state index in [1.54, 1.807) is 6.92 Å². The lowest BCUT2D eigenvalue weighted by molar-refractivity contribution is -0.134. The molecule has 1 N–H and O–H groups in total. The predicted molar refractivity (Wildman–Crippen MR) is 90.2 cm³/mol. The van der Waals surface area contributed by atoms with Gasteiger partial charge in [0.2, 0.25) is 5.91 Å². The molecule has 0 bridgehead atoms. The summed E-state index contributed by atoms with van der Waals surface area (Å²) in [5.41, 5.74) is 1.68. The van der Waals surface area contributed by atoms with Crippen LogP contribution in [-0.4, -0.2) is 47.2 Å². The third kappa shape index (κ3) is 3.52. The zero-order valence-electron chi connectivity index (χ0n) is 14.9. The Morgan fingerprint density at radius 3 is 2.58 bits per heavy atom. The first kappa shape index (κ1) is 18.2. The van der Waals surface area contributed by atoms with Crippen LogP contribution in [-0.2, 0) is 16.0 Å². The van der Waals surface area contributed by atoms with E-state index in [0.29, 0.717) is 22.5 Å². The number of aromatic amines is 1. The molecule has 0 radical (unpaired) electrons. The van der Waals surface area contributed by atoms with Gasteiger partial charge in [-0.15, -0.1) is 0 Å². The van der Waals surface area contributed by atoms with Crippen molar-refractivity contribution in [2.24, 2.45) is 0 Å². The molecule has 6 heteroatoms. The molecule has 0 aromatic carbocycles. The van der Waals surface area contributed by atoms with Crippen LogP contribution in [0.15, 0.2) is 0 Å². The van der Waals surface area contributed by atoms with Crippen LogP contribution in [0.3, 0.4) is 0 Å². The quantitative estimate of drug-likeness (QED) is 0.663. The molecule has 0 spiro atoms. The number of carbonyl (C=O) groups excluding carboxylic acids is 3. The normalized spacial score (nSPS) is 17.7. The molecule has 1 aliphatic rings. The number of carbonyl (C=O) groups is 3.